The summed E-state index contributed by atoms with van der Waals surface area (Å²) >= 11 is 4.78. The minimum absolute atomic E-state index is 0.118. The average molecular weight is 595 g/mol. The highest BCUT2D eigenvalue weighted by Gasteiger charge is 2.56. The molecule has 0 amide bonds. The third kappa shape index (κ3) is 12.6. The van der Waals surface area contributed by atoms with Gasteiger partial charge in [-0.2, -0.15) is 0 Å². The lowest BCUT2D eigenvalue weighted by Gasteiger charge is -2.50. The molecule has 0 aromatic rings. The van der Waals surface area contributed by atoms with Gasteiger partial charge in [-0.15, -0.1) is 0 Å². The van der Waals surface area contributed by atoms with Crippen LogP contribution in [0.4, 0.5) is 0 Å². The molecule has 0 saturated carbocycles. The van der Waals surface area contributed by atoms with Gasteiger partial charge >= 0.3 is 25.7 Å². The Morgan fingerprint density at radius 1 is 0.733 bits per heavy atom. The number of rotatable bonds is 12. The molecule has 3 atom stereocenters. The zero-order chi connectivity index (χ0) is 23.5. The highest BCUT2D eigenvalue weighted by Crippen LogP contribution is 2.38. The van der Waals surface area contributed by atoms with Crippen LogP contribution in [0.5, 0.6) is 0 Å². The summed E-state index contributed by atoms with van der Waals surface area (Å²) in [6.45, 7) is 5.77. The first kappa shape index (κ1) is 29.5. The molecule has 30 heavy (non-hydrogen) atoms. The summed E-state index contributed by atoms with van der Waals surface area (Å²) in [6, 6.07) is 1.29. The number of hydrogen-bond donors (Lipinski definition) is 0. The van der Waals surface area contributed by atoms with Gasteiger partial charge in [-0.05, 0) is 53.3 Å². The van der Waals surface area contributed by atoms with Crippen molar-refractivity contribution in [3.8, 4) is 0 Å². The molecule has 0 aromatic carbocycles. The lowest BCUT2D eigenvalue weighted by molar-refractivity contribution is 0.218. The van der Waals surface area contributed by atoms with Crippen molar-refractivity contribution in [1.29, 1.82) is 0 Å². The first-order valence-electron chi connectivity index (χ1n) is 8.88. The third-order valence-corrected chi connectivity index (χ3v) is 24.4. The Bertz CT molecular complexity index is 781. The van der Waals surface area contributed by atoms with Crippen molar-refractivity contribution >= 4 is 85.0 Å². The molecule has 1 rings (SSSR count). The highest BCUT2D eigenvalue weighted by molar-refractivity contribution is 8.72. The van der Waals surface area contributed by atoms with E-state index < -0.39 is 52.2 Å². The quantitative estimate of drug-likeness (QED) is 0.242. The molecule has 18 heteroatoms. The fourth-order valence-electron chi connectivity index (χ4n) is 2.87. The van der Waals surface area contributed by atoms with Crippen molar-refractivity contribution in [3.63, 3.8) is 0 Å². The third-order valence-electron chi connectivity index (χ3n) is 3.86. The van der Waals surface area contributed by atoms with Crippen LogP contribution in [0.3, 0.4) is 0 Å². The zero-order valence-electron chi connectivity index (χ0n) is 17.9. The molecule has 180 valence electrons. The predicted octanol–water partition coefficient (Wildman–Crippen LogP) is 1.96. The largest absolute Gasteiger partial charge is 0.416 e. The van der Waals surface area contributed by atoms with Gasteiger partial charge in [-0.1, -0.05) is 0 Å². The molecule has 3 unspecified atom stereocenters. The second-order valence-electron chi connectivity index (χ2n) is 7.54. The molecule has 1 aliphatic heterocycles. The smallest absolute Gasteiger partial charge is 0.319 e. The Kier molecular flexibility index (Phi) is 10.6. The van der Waals surface area contributed by atoms with Gasteiger partial charge in [0.1, 0.15) is 8.77 Å². The van der Waals surface area contributed by atoms with Crippen molar-refractivity contribution in [2.75, 3.05) is 36.9 Å². The first-order valence-corrected chi connectivity index (χ1v) is 26.1. The Morgan fingerprint density at radius 3 is 1.37 bits per heavy atom. The maximum atomic E-state index is 11.7. The summed E-state index contributed by atoms with van der Waals surface area (Å²) in [4.78, 5) is 0. The fourth-order valence-corrected chi connectivity index (χ4v) is 26.7. The van der Waals surface area contributed by atoms with Crippen LogP contribution in [0.1, 0.15) is 0 Å². The summed E-state index contributed by atoms with van der Waals surface area (Å²) in [5.74, 6) is 0.667. The Labute approximate surface area is 196 Å². The Hall–Kier alpha value is 1.46. The summed E-state index contributed by atoms with van der Waals surface area (Å²) in [5, 5.41) is 0. The van der Waals surface area contributed by atoms with Crippen LogP contribution >= 0.6 is 21.6 Å². The summed E-state index contributed by atoms with van der Waals surface area (Å²) in [5.41, 5.74) is 0. The minimum Gasteiger partial charge on any atom is -0.416 e. The van der Waals surface area contributed by atoms with Crippen LogP contribution in [-0.4, -0.2) is 83.6 Å². The van der Waals surface area contributed by atoms with Gasteiger partial charge in [0.05, 0.1) is 6.61 Å². The molecule has 0 spiro atoms. The molecule has 1 heterocycles. The van der Waals surface area contributed by atoms with E-state index in [-0.39, 0.29) is 6.61 Å². The molecule has 1 saturated heterocycles. The molecular formula is C12H30O9S6Si3. The topological polar surface area (TPSA) is 122 Å². The van der Waals surface area contributed by atoms with E-state index in [9.17, 15) is 21.0 Å². The summed E-state index contributed by atoms with van der Waals surface area (Å²) in [7, 11) is -15.9. The van der Waals surface area contributed by atoms with Crippen LogP contribution < -0.4 is 0 Å². The molecule has 0 radical (unpaired) electrons. The molecule has 9 nitrogen and oxygen atoms in total. The SMILES string of the molecule is C[Si]1(CCOS(C)(=O)=S)O[Si](C)(CCSS(C)(=O)=O)O[Si](C)(CCSS(C)(=O)=O)O1. The molecule has 0 bridgehead atoms. The van der Waals surface area contributed by atoms with Crippen LogP contribution in [0.25, 0.3) is 0 Å². The normalized spacial score (nSPS) is 32.6. The lowest BCUT2D eigenvalue weighted by Crippen LogP contribution is -2.67. The number of hydrogen-bond acceptors (Lipinski definition) is 12. The molecular weight excluding hydrogens is 565 g/mol. The van der Waals surface area contributed by atoms with E-state index in [0.717, 1.165) is 34.1 Å². The minimum atomic E-state index is -3.18. The van der Waals surface area contributed by atoms with Crippen molar-refractivity contribution in [2.24, 2.45) is 0 Å². The van der Waals surface area contributed by atoms with Gasteiger partial charge in [0.2, 0.25) is 0 Å². The van der Waals surface area contributed by atoms with Crippen LogP contribution in [-0.2, 0) is 54.2 Å². The van der Waals surface area contributed by atoms with Gasteiger partial charge in [0.15, 0.2) is 17.7 Å². The van der Waals surface area contributed by atoms with Gasteiger partial charge in [0.25, 0.3) is 0 Å². The molecule has 1 aliphatic rings. The standard InChI is InChI=1S/C12H30O9S6Si3/c1-25(13,14)23-8-11-29(5)19-28(4,10-7-18-27(3,17)22)20-30(6,21-29)12-9-24-26(2,15)16/h7-12H2,1-6H3. The first-order chi connectivity index (χ1) is 13.2. The zero-order valence-corrected chi connectivity index (χ0v) is 25.8. The lowest BCUT2D eigenvalue weighted by atomic mass is 10.9. The maximum Gasteiger partial charge on any atom is 0.319 e. The highest BCUT2D eigenvalue weighted by atomic mass is 33.1. The van der Waals surface area contributed by atoms with Crippen molar-refractivity contribution in [3.05, 3.63) is 0 Å². The predicted molar refractivity (Wildman–Crippen MR) is 135 cm³/mol. The maximum absolute atomic E-state index is 11.7. The molecule has 1 fully saturated rings. The van der Waals surface area contributed by atoms with E-state index in [1.54, 1.807) is 0 Å². The van der Waals surface area contributed by atoms with Gasteiger partial charge in [-0.3, -0.25) is 4.18 Å². The molecule has 0 N–H and O–H groups in total. The van der Waals surface area contributed by atoms with Crippen molar-refractivity contribution in [1.82, 2.24) is 0 Å². The average Bonchev–Trinajstić information content (AvgIpc) is 2.40. The van der Waals surface area contributed by atoms with Crippen molar-refractivity contribution in [2.45, 2.75) is 37.8 Å². The van der Waals surface area contributed by atoms with Crippen LogP contribution in [0, 0.1) is 0 Å². The van der Waals surface area contributed by atoms with E-state index >= 15 is 0 Å². The molecule has 0 aromatic heterocycles. The van der Waals surface area contributed by atoms with Gasteiger partial charge < -0.3 is 12.3 Å². The van der Waals surface area contributed by atoms with Crippen molar-refractivity contribution < 1.29 is 37.6 Å². The van der Waals surface area contributed by atoms with Gasteiger partial charge in [0, 0.05) is 47.5 Å². The molecule has 0 aliphatic carbocycles. The Balaban J connectivity index is 2.98. The van der Waals surface area contributed by atoms with Crippen LogP contribution in [0.15, 0.2) is 0 Å². The summed E-state index contributed by atoms with van der Waals surface area (Å²) in [6.07, 6.45) is 3.64. The summed E-state index contributed by atoms with van der Waals surface area (Å²) < 4.78 is 81.9. The van der Waals surface area contributed by atoms with Crippen LogP contribution in [0.2, 0.25) is 37.8 Å². The second kappa shape index (κ2) is 10.8. The monoisotopic (exact) mass is 594 g/mol. The Morgan fingerprint density at radius 2 is 1.07 bits per heavy atom. The van der Waals surface area contributed by atoms with E-state index in [1.165, 1.54) is 6.26 Å². The second-order valence-corrected chi connectivity index (χ2v) is 30.9. The van der Waals surface area contributed by atoms with E-state index in [0.29, 0.717) is 29.6 Å². The van der Waals surface area contributed by atoms with E-state index in [4.69, 9.17) is 27.7 Å². The fraction of sp³-hybridized carbons (Fsp3) is 1.00. The van der Waals surface area contributed by atoms with E-state index in [2.05, 4.69) is 0 Å². The van der Waals surface area contributed by atoms with Gasteiger partial charge in [-0.25, -0.2) is 21.0 Å². The van der Waals surface area contributed by atoms with E-state index in [1.807, 2.05) is 19.6 Å².